The number of piperidine rings is 1. The van der Waals surface area contributed by atoms with Gasteiger partial charge in [-0.2, -0.15) is 0 Å². The average molecular weight is 424 g/mol. The lowest BCUT2D eigenvalue weighted by atomic mass is 9.87. The maximum Gasteiger partial charge on any atom is 0.338 e. The number of alkyl halides is 1. The maximum absolute atomic E-state index is 12.3. The summed E-state index contributed by atoms with van der Waals surface area (Å²) in [6.07, 6.45) is 4.05. The van der Waals surface area contributed by atoms with E-state index >= 15 is 0 Å². The van der Waals surface area contributed by atoms with Gasteiger partial charge in [-0.15, -0.1) is 6.58 Å². The van der Waals surface area contributed by atoms with Crippen LogP contribution in [0.15, 0.2) is 43.0 Å². The molecule has 142 valence electrons. The van der Waals surface area contributed by atoms with Gasteiger partial charge in [0.25, 0.3) is 0 Å². The van der Waals surface area contributed by atoms with Crippen LogP contribution in [-0.4, -0.2) is 54.5 Å². The van der Waals surface area contributed by atoms with Gasteiger partial charge in [0.15, 0.2) is 0 Å². The highest BCUT2D eigenvalue weighted by atomic mass is 79.9. The van der Waals surface area contributed by atoms with Crippen molar-refractivity contribution in [3.63, 3.8) is 0 Å². The molecule has 3 rings (SSSR count). The Hall–Kier alpha value is -1.66. The number of hydrogen-bond donors (Lipinski definition) is 0. The number of allylic oxidation sites excluding steroid dienone is 1. The van der Waals surface area contributed by atoms with Gasteiger partial charge in [-0.1, -0.05) is 40.2 Å². The third-order valence-corrected chi connectivity index (χ3v) is 5.52. The molecule has 0 N–H and O–H groups in total. The smallest absolute Gasteiger partial charge is 0.338 e. The van der Waals surface area contributed by atoms with Crippen molar-refractivity contribution in [1.82, 2.24) is 4.90 Å². The molecule has 4 atom stereocenters. The second-order valence-corrected chi connectivity index (χ2v) is 7.15. The summed E-state index contributed by atoms with van der Waals surface area (Å²) in [6.45, 7) is 3.43. The van der Waals surface area contributed by atoms with E-state index in [2.05, 4.69) is 27.4 Å². The van der Waals surface area contributed by atoms with Crippen molar-refractivity contribution in [2.24, 2.45) is 5.92 Å². The fraction of sp³-hybridized carbons (Fsp3) is 0.500. The molecule has 2 bridgehead atoms. The van der Waals surface area contributed by atoms with Crippen LogP contribution in [0.3, 0.4) is 0 Å². The fourth-order valence-corrected chi connectivity index (χ4v) is 3.77. The predicted molar refractivity (Wildman–Crippen MR) is 104 cm³/mol. The highest BCUT2D eigenvalue weighted by Gasteiger charge is 2.50. The van der Waals surface area contributed by atoms with E-state index in [-0.39, 0.29) is 18.0 Å². The van der Waals surface area contributed by atoms with Crippen molar-refractivity contribution >= 4 is 27.9 Å². The zero-order chi connectivity index (χ0) is 19.1. The van der Waals surface area contributed by atoms with E-state index < -0.39 is 12.0 Å². The number of halogens is 1. The normalized spacial score (nSPS) is 27.0. The maximum atomic E-state index is 12.3. The van der Waals surface area contributed by atoms with Crippen molar-refractivity contribution < 1.29 is 19.1 Å². The highest BCUT2D eigenvalue weighted by Crippen LogP contribution is 2.40. The van der Waals surface area contributed by atoms with Crippen LogP contribution in [0, 0.1) is 5.92 Å². The molecule has 2 aliphatic rings. The second kappa shape index (κ2) is 9.88. The summed E-state index contributed by atoms with van der Waals surface area (Å²) in [6, 6.07) is 9.36. The molecule has 0 spiro atoms. The van der Waals surface area contributed by atoms with Gasteiger partial charge >= 0.3 is 11.9 Å². The third kappa shape index (κ3) is 4.74. The van der Waals surface area contributed by atoms with Crippen molar-refractivity contribution in [2.45, 2.75) is 37.5 Å². The van der Waals surface area contributed by atoms with Crippen LogP contribution in [-0.2, 0) is 14.3 Å². The Kier molecular flexibility index (Phi) is 7.85. The molecule has 1 aromatic rings. The number of rotatable bonds is 4. The van der Waals surface area contributed by atoms with Crippen LogP contribution in [0.4, 0.5) is 0 Å². The molecule has 0 radical (unpaired) electrons. The summed E-state index contributed by atoms with van der Waals surface area (Å²) in [5, 5.41) is 0.896. The van der Waals surface area contributed by atoms with Crippen LogP contribution in [0.1, 0.15) is 29.6 Å². The lowest BCUT2D eigenvalue weighted by Gasteiger charge is -2.40. The first-order chi connectivity index (χ1) is 12.5. The third-order valence-electron chi connectivity index (χ3n) is 5.06. The molecule has 26 heavy (non-hydrogen) atoms. The largest absolute Gasteiger partial charge is 0.469 e. The number of hydrogen-bond acceptors (Lipinski definition) is 5. The molecule has 2 fully saturated rings. The van der Waals surface area contributed by atoms with E-state index in [0.717, 1.165) is 18.2 Å². The molecule has 5 nitrogen and oxygen atoms in total. The molecule has 2 saturated heterocycles. The molecule has 2 aliphatic heterocycles. The number of carbonyl (C=O) groups is 2. The van der Waals surface area contributed by atoms with Crippen molar-refractivity contribution in [1.29, 1.82) is 0 Å². The molecule has 0 unspecified atom stereocenters. The van der Waals surface area contributed by atoms with E-state index in [1.165, 1.54) is 7.11 Å². The first kappa shape index (κ1) is 20.6. The van der Waals surface area contributed by atoms with Gasteiger partial charge in [0.05, 0.1) is 12.7 Å². The first-order valence-electron chi connectivity index (χ1n) is 8.76. The zero-order valence-electron chi connectivity index (χ0n) is 15.3. The van der Waals surface area contributed by atoms with E-state index in [1.54, 1.807) is 30.3 Å². The number of carbonyl (C=O) groups excluding carboxylic acids is 2. The monoisotopic (exact) mass is 423 g/mol. The van der Waals surface area contributed by atoms with Crippen molar-refractivity contribution in [3.8, 4) is 0 Å². The molecular weight excluding hydrogens is 398 g/mol. The topological polar surface area (TPSA) is 55.8 Å². The second-order valence-electron chi connectivity index (χ2n) is 6.50. The minimum Gasteiger partial charge on any atom is -0.469 e. The molecular formula is C20H26BrNO4. The summed E-state index contributed by atoms with van der Waals surface area (Å²) in [5.41, 5.74) is 0.511. The van der Waals surface area contributed by atoms with Gasteiger partial charge < -0.3 is 9.47 Å². The van der Waals surface area contributed by atoms with Gasteiger partial charge in [0, 0.05) is 23.8 Å². The molecule has 2 heterocycles. The van der Waals surface area contributed by atoms with Crippen LogP contribution in [0.25, 0.3) is 0 Å². The van der Waals surface area contributed by atoms with Crippen LogP contribution in [0.2, 0.25) is 0 Å². The zero-order valence-corrected chi connectivity index (χ0v) is 16.9. The summed E-state index contributed by atoms with van der Waals surface area (Å²) in [7, 11) is 3.42. The minimum absolute atomic E-state index is 0.0970. The molecule has 0 amide bonds. The number of nitrogens with zero attached hydrogens (tertiary/aromatic N) is 1. The lowest BCUT2D eigenvalue weighted by Crippen LogP contribution is -2.53. The Labute approximate surface area is 163 Å². The number of fused-ring (bicyclic) bond motifs is 2. The molecule has 0 saturated carbocycles. The molecule has 1 aromatic carbocycles. The van der Waals surface area contributed by atoms with Gasteiger partial charge in [-0.25, -0.2) is 4.79 Å². The van der Waals surface area contributed by atoms with E-state index in [1.807, 2.05) is 13.1 Å². The Morgan fingerprint density at radius 3 is 2.54 bits per heavy atom. The van der Waals surface area contributed by atoms with E-state index in [9.17, 15) is 9.59 Å². The summed E-state index contributed by atoms with van der Waals surface area (Å²) in [5.74, 6) is -1.06. The molecule has 0 aromatic heterocycles. The number of esters is 2. The Morgan fingerprint density at radius 2 is 1.96 bits per heavy atom. The number of ether oxygens (including phenoxy) is 2. The first-order valence-corrected chi connectivity index (χ1v) is 9.88. The van der Waals surface area contributed by atoms with Gasteiger partial charge in [0.2, 0.25) is 0 Å². The molecule has 0 aliphatic carbocycles. The Balaban J connectivity index is 0.000000552. The standard InChI is InChI=1S/C17H21NO4.C3H5Br/c1-18-12-8-9-13(18)15(17(20)21-2)14(10-12)22-16(19)11-6-4-3-5-7-11;1-2-3-4/h3-7,12-15H,8-10H2,1-2H3;2H,1,3H2/t12-,13+,14-,15+;/m0./s1. The molecule has 6 heteroatoms. The van der Waals surface area contributed by atoms with Crippen molar-refractivity contribution in [2.75, 3.05) is 19.5 Å². The van der Waals surface area contributed by atoms with Gasteiger partial charge in [-0.3, -0.25) is 9.69 Å². The van der Waals surface area contributed by atoms with Gasteiger partial charge in [0.1, 0.15) is 12.0 Å². The quantitative estimate of drug-likeness (QED) is 0.421. The Morgan fingerprint density at radius 1 is 1.31 bits per heavy atom. The number of methoxy groups -OCH3 is 1. The summed E-state index contributed by atoms with van der Waals surface area (Å²) < 4.78 is 10.6. The average Bonchev–Trinajstić information content (AvgIpc) is 2.91. The highest BCUT2D eigenvalue weighted by molar-refractivity contribution is 9.09. The fourth-order valence-electron chi connectivity index (χ4n) is 3.77. The van der Waals surface area contributed by atoms with Crippen LogP contribution in [0.5, 0.6) is 0 Å². The van der Waals surface area contributed by atoms with E-state index in [0.29, 0.717) is 18.0 Å². The van der Waals surface area contributed by atoms with Crippen LogP contribution >= 0.6 is 15.9 Å². The van der Waals surface area contributed by atoms with E-state index in [4.69, 9.17) is 9.47 Å². The Bertz CT molecular complexity index is 621. The lowest BCUT2D eigenvalue weighted by molar-refractivity contribution is -0.156. The van der Waals surface area contributed by atoms with Crippen LogP contribution < -0.4 is 0 Å². The van der Waals surface area contributed by atoms with Gasteiger partial charge in [-0.05, 0) is 32.0 Å². The minimum atomic E-state index is -0.408. The SMILES string of the molecule is C=CCBr.COC(=O)[C@H]1[C@@H](OC(=O)c2ccccc2)C[C@@H]2CC[C@H]1N2C. The summed E-state index contributed by atoms with van der Waals surface area (Å²) in [4.78, 5) is 26.7. The number of benzene rings is 1. The predicted octanol–water partition coefficient (Wildman–Crippen LogP) is 3.44. The van der Waals surface area contributed by atoms with Crippen molar-refractivity contribution in [3.05, 3.63) is 48.6 Å². The summed E-state index contributed by atoms with van der Waals surface area (Å²) >= 11 is 3.13.